The number of nitrogens with one attached hydrogen (secondary N) is 1. The molecule has 2 rings (SSSR count). The molecule has 0 heterocycles. The Balaban J connectivity index is 1.72. The highest BCUT2D eigenvalue weighted by molar-refractivity contribution is 6.33. The van der Waals surface area contributed by atoms with Crippen LogP contribution in [0.3, 0.4) is 0 Å². The molecule has 0 fully saturated rings. The van der Waals surface area contributed by atoms with Gasteiger partial charge in [0.1, 0.15) is 5.75 Å². The molecule has 2 aromatic rings. The minimum atomic E-state index is -4.57. The second kappa shape index (κ2) is 9.98. The van der Waals surface area contributed by atoms with Crippen LogP contribution in [0.2, 0.25) is 5.02 Å². The Labute approximate surface area is 164 Å². The lowest BCUT2D eigenvalue weighted by molar-refractivity contribution is -0.147. The van der Waals surface area contributed by atoms with Gasteiger partial charge in [-0.15, -0.1) is 0 Å². The average molecular weight is 416 g/mol. The van der Waals surface area contributed by atoms with Gasteiger partial charge in [-0.2, -0.15) is 13.2 Å². The van der Waals surface area contributed by atoms with Crippen LogP contribution in [-0.2, 0) is 20.5 Å². The van der Waals surface area contributed by atoms with Crippen LogP contribution in [0.4, 0.5) is 18.9 Å². The van der Waals surface area contributed by atoms with E-state index in [1.807, 2.05) is 18.2 Å². The normalized spacial score (nSPS) is 11.0. The van der Waals surface area contributed by atoms with E-state index in [1.54, 1.807) is 12.1 Å². The predicted octanol–water partition coefficient (Wildman–Crippen LogP) is 4.70. The standard InChI is InChI=1S/C19H17ClF3NO4/c20-15-9-8-13(19(21,22)23)11-16(15)24-17(25)12-28-18(26)7-4-10-27-14-5-2-1-3-6-14/h1-3,5-6,8-9,11H,4,7,10,12H2,(H,24,25). The Hall–Kier alpha value is -2.74. The zero-order valence-corrected chi connectivity index (χ0v) is 15.3. The van der Waals surface area contributed by atoms with Crippen molar-refractivity contribution in [3.05, 3.63) is 59.1 Å². The van der Waals surface area contributed by atoms with E-state index in [9.17, 15) is 22.8 Å². The van der Waals surface area contributed by atoms with Gasteiger partial charge in [-0.3, -0.25) is 9.59 Å². The molecule has 0 aliphatic heterocycles. The van der Waals surface area contributed by atoms with Gasteiger partial charge in [0.2, 0.25) is 0 Å². The monoisotopic (exact) mass is 415 g/mol. The number of anilines is 1. The topological polar surface area (TPSA) is 64.6 Å². The summed E-state index contributed by atoms with van der Waals surface area (Å²) in [4.78, 5) is 23.4. The van der Waals surface area contributed by atoms with Crippen molar-refractivity contribution < 1.29 is 32.2 Å². The van der Waals surface area contributed by atoms with Crippen LogP contribution in [0.5, 0.6) is 5.75 Å². The predicted molar refractivity (Wildman–Crippen MR) is 97.2 cm³/mol. The highest BCUT2D eigenvalue weighted by atomic mass is 35.5. The molecule has 0 atom stereocenters. The van der Waals surface area contributed by atoms with Crippen LogP contribution >= 0.6 is 11.6 Å². The molecule has 150 valence electrons. The summed E-state index contributed by atoms with van der Waals surface area (Å²) in [6.07, 6.45) is -4.16. The van der Waals surface area contributed by atoms with Gasteiger partial charge < -0.3 is 14.8 Å². The van der Waals surface area contributed by atoms with Crippen molar-refractivity contribution in [1.82, 2.24) is 0 Å². The molecule has 0 aliphatic rings. The van der Waals surface area contributed by atoms with Crippen molar-refractivity contribution >= 4 is 29.2 Å². The summed E-state index contributed by atoms with van der Waals surface area (Å²) in [5, 5.41) is 2.13. The van der Waals surface area contributed by atoms with Crippen molar-refractivity contribution in [2.75, 3.05) is 18.5 Å². The van der Waals surface area contributed by atoms with Crippen LogP contribution in [0.15, 0.2) is 48.5 Å². The number of hydrogen-bond acceptors (Lipinski definition) is 4. The number of rotatable bonds is 8. The smallest absolute Gasteiger partial charge is 0.416 e. The maximum absolute atomic E-state index is 12.7. The van der Waals surface area contributed by atoms with Crippen LogP contribution in [-0.4, -0.2) is 25.1 Å². The fourth-order valence-electron chi connectivity index (χ4n) is 2.13. The zero-order chi connectivity index (χ0) is 20.6. The molecule has 0 radical (unpaired) electrons. The first-order chi connectivity index (χ1) is 13.3. The second-order valence-corrected chi connectivity index (χ2v) is 6.07. The molecule has 0 saturated carbocycles. The molecular weight excluding hydrogens is 399 g/mol. The van der Waals surface area contributed by atoms with E-state index in [1.165, 1.54) is 0 Å². The van der Waals surface area contributed by atoms with E-state index in [4.69, 9.17) is 21.1 Å². The minimum Gasteiger partial charge on any atom is -0.494 e. The summed E-state index contributed by atoms with van der Waals surface area (Å²) >= 11 is 5.78. The van der Waals surface area contributed by atoms with Crippen molar-refractivity contribution in [1.29, 1.82) is 0 Å². The van der Waals surface area contributed by atoms with Gasteiger partial charge in [0, 0.05) is 6.42 Å². The van der Waals surface area contributed by atoms with E-state index >= 15 is 0 Å². The van der Waals surface area contributed by atoms with Gasteiger partial charge in [-0.05, 0) is 36.8 Å². The highest BCUT2D eigenvalue weighted by Gasteiger charge is 2.31. The molecule has 9 heteroatoms. The minimum absolute atomic E-state index is 0.0322. The zero-order valence-electron chi connectivity index (χ0n) is 14.6. The number of carbonyl (C=O) groups excluding carboxylic acids is 2. The van der Waals surface area contributed by atoms with Crippen molar-refractivity contribution in [3.63, 3.8) is 0 Å². The molecule has 0 aromatic heterocycles. The van der Waals surface area contributed by atoms with Gasteiger partial charge in [0.05, 0.1) is 22.9 Å². The SMILES string of the molecule is O=C(COC(=O)CCCOc1ccccc1)Nc1cc(C(F)(F)F)ccc1Cl. The Morgan fingerprint density at radius 3 is 2.46 bits per heavy atom. The van der Waals surface area contributed by atoms with E-state index in [-0.39, 0.29) is 17.1 Å². The molecule has 0 bridgehead atoms. The van der Waals surface area contributed by atoms with Gasteiger partial charge >= 0.3 is 12.1 Å². The number of amides is 1. The molecule has 0 saturated heterocycles. The molecule has 0 spiro atoms. The van der Waals surface area contributed by atoms with Crippen molar-refractivity contribution in [2.24, 2.45) is 0 Å². The van der Waals surface area contributed by atoms with Gasteiger partial charge in [-0.1, -0.05) is 29.8 Å². The third-order valence-electron chi connectivity index (χ3n) is 3.47. The number of esters is 1. The Kier molecular flexibility index (Phi) is 7.69. The largest absolute Gasteiger partial charge is 0.494 e. The van der Waals surface area contributed by atoms with Crippen LogP contribution < -0.4 is 10.1 Å². The third-order valence-corrected chi connectivity index (χ3v) is 3.80. The lowest BCUT2D eigenvalue weighted by Crippen LogP contribution is -2.21. The van der Waals surface area contributed by atoms with E-state index in [0.717, 1.165) is 12.1 Å². The van der Waals surface area contributed by atoms with Crippen LogP contribution in [0.1, 0.15) is 18.4 Å². The maximum atomic E-state index is 12.7. The number of ether oxygens (including phenoxy) is 2. The van der Waals surface area contributed by atoms with Gasteiger partial charge in [0.25, 0.3) is 5.91 Å². The summed E-state index contributed by atoms with van der Waals surface area (Å²) in [5.41, 5.74) is -1.17. The molecule has 5 nitrogen and oxygen atoms in total. The first-order valence-electron chi connectivity index (χ1n) is 8.26. The summed E-state index contributed by atoms with van der Waals surface area (Å²) in [5.74, 6) is -0.745. The van der Waals surface area contributed by atoms with E-state index in [0.29, 0.717) is 24.8 Å². The van der Waals surface area contributed by atoms with Crippen LogP contribution in [0, 0.1) is 0 Å². The quantitative estimate of drug-likeness (QED) is 0.501. The fraction of sp³-hybridized carbons (Fsp3) is 0.263. The number of carbonyl (C=O) groups is 2. The van der Waals surface area contributed by atoms with Crippen molar-refractivity contribution in [2.45, 2.75) is 19.0 Å². The lowest BCUT2D eigenvalue weighted by Gasteiger charge is -2.12. The number of hydrogen-bond donors (Lipinski definition) is 1. The molecule has 1 N–H and O–H groups in total. The third kappa shape index (κ3) is 7.11. The van der Waals surface area contributed by atoms with E-state index in [2.05, 4.69) is 5.32 Å². The Bertz CT molecular complexity index is 813. The molecule has 0 aliphatic carbocycles. The van der Waals surface area contributed by atoms with Crippen LogP contribution in [0.25, 0.3) is 0 Å². The Morgan fingerprint density at radius 1 is 1.07 bits per heavy atom. The van der Waals surface area contributed by atoms with Gasteiger partial charge in [0.15, 0.2) is 6.61 Å². The summed E-state index contributed by atoms with van der Waals surface area (Å²) in [6, 6.07) is 11.6. The Morgan fingerprint density at radius 2 is 1.79 bits per heavy atom. The average Bonchev–Trinajstić information content (AvgIpc) is 2.65. The summed E-state index contributed by atoms with van der Waals surface area (Å²) in [6.45, 7) is -0.337. The number of benzene rings is 2. The molecule has 1 amide bonds. The lowest BCUT2D eigenvalue weighted by atomic mass is 10.2. The summed E-state index contributed by atoms with van der Waals surface area (Å²) < 4.78 is 48.3. The number of halogens is 4. The first-order valence-corrected chi connectivity index (χ1v) is 8.63. The molecule has 2 aromatic carbocycles. The summed E-state index contributed by atoms with van der Waals surface area (Å²) in [7, 11) is 0. The molecular formula is C19H17ClF3NO4. The van der Waals surface area contributed by atoms with E-state index < -0.39 is 30.2 Å². The highest BCUT2D eigenvalue weighted by Crippen LogP contribution is 2.33. The first kappa shape index (κ1) is 21.6. The second-order valence-electron chi connectivity index (χ2n) is 5.67. The molecule has 0 unspecified atom stereocenters. The molecule has 28 heavy (non-hydrogen) atoms. The van der Waals surface area contributed by atoms with Crippen molar-refractivity contribution in [3.8, 4) is 5.75 Å². The fourth-order valence-corrected chi connectivity index (χ4v) is 2.29. The van der Waals surface area contributed by atoms with Gasteiger partial charge in [-0.25, -0.2) is 0 Å². The number of alkyl halides is 3. The number of para-hydroxylation sites is 1. The maximum Gasteiger partial charge on any atom is 0.416 e.